The molecule has 140 valence electrons. The minimum Gasteiger partial charge on any atom is -0.376 e. The molecule has 4 atom stereocenters. The van der Waals surface area contributed by atoms with E-state index in [0.29, 0.717) is 24.3 Å². The number of rotatable bonds is 5. The lowest BCUT2D eigenvalue weighted by atomic mass is 10.1. The summed E-state index contributed by atoms with van der Waals surface area (Å²) in [7, 11) is -2.82. The Balaban J connectivity index is 0.00000208. The lowest BCUT2D eigenvalue weighted by Crippen LogP contribution is -2.44. The number of aliphatic imine (C=N–C) groups is 1. The summed E-state index contributed by atoms with van der Waals surface area (Å²) in [6.07, 6.45) is 5.67. The zero-order valence-corrected chi connectivity index (χ0v) is 17.5. The van der Waals surface area contributed by atoms with E-state index < -0.39 is 9.84 Å². The molecule has 1 saturated carbocycles. The van der Waals surface area contributed by atoms with Crippen molar-refractivity contribution in [3.05, 3.63) is 0 Å². The van der Waals surface area contributed by atoms with E-state index in [1.807, 2.05) is 0 Å². The van der Waals surface area contributed by atoms with Gasteiger partial charge in [0.2, 0.25) is 0 Å². The SMILES string of the molecule is CC1CC1NC(=NCC1CCS(=O)(=O)C1)NCC1CCCCO1.I. The molecule has 0 aromatic carbocycles. The molecule has 3 rings (SSSR count). The zero-order chi connectivity index (χ0) is 16.3. The summed E-state index contributed by atoms with van der Waals surface area (Å²) < 4.78 is 28.9. The molecule has 0 spiro atoms. The van der Waals surface area contributed by atoms with Gasteiger partial charge < -0.3 is 15.4 Å². The van der Waals surface area contributed by atoms with E-state index in [1.54, 1.807) is 0 Å². The second-order valence-corrected chi connectivity index (χ2v) is 9.52. The maximum atomic E-state index is 11.6. The topological polar surface area (TPSA) is 79.8 Å². The quantitative estimate of drug-likeness (QED) is 0.362. The summed E-state index contributed by atoms with van der Waals surface area (Å²) in [4.78, 5) is 4.64. The van der Waals surface area contributed by atoms with Gasteiger partial charge in [0.05, 0.1) is 17.6 Å². The third-order valence-electron chi connectivity index (χ3n) is 5.04. The lowest BCUT2D eigenvalue weighted by Gasteiger charge is -2.24. The first-order chi connectivity index (χ1) is 11.0. The fraction of sp³-hybridized carbons (Fsp3) is 0.938. The molecule has 2 aliphatic heterocycles. The standard InChI is InChI=1S/C16H29N3O3S.HI/c1-12-8-15(12)19-16(18-10-14-4-2-3-6-22-14)17-9-13-5-7-23(20,21)11-13;/h12-15H,2-11H2,1H3,(H2,17,18,19);1H. The molecule has 3 fully saturated rings. The van der Waals surface area contributed by atoms with E-state index in [0.717, 1.165) is 38.4 Å². The summed E-state index contributed by atoms with van der Waals surface area (Å²) >= 11 is 0. The summed E-state index contributed by atoms with van der Waals surface area (Å²) in [6.45, 7) is 4.44. The first-order valence-electron chi connectivity index (χ1n) is 8.89. The summed E-state index contributed by atoms with van der Waals surface area (Å²) in [6, 6.07) is 0.501. The highest BCUT2D eigenvalue weighted by Crippen LogP contribution is 2.28. The molecule has 24 heavy (non-hydrogen) atoms. The summed E-state index contributed by atoms with van der Waals surface area (Å²) in [5.41, 5.74) is 0. The Labute approximate surface area is 162 Å². The zero-order valence-electron chi connectivity index (χ0n) is 14.4. The fourth-order valence-corrected chi connectivity index (χ4v) is 5.12. The van der Waals surface area contributed by atoms with Crippen molar-refractivity contribution >= 4 is 39.8 Å². The third kappa shape index (κ3) is 6.33. The molecule has 2 N–H and O–H groups in total. The number of hydrogen-bond donors (Lipinski definition) is 2. The largest absolute Gasteiger partial charge is 0.376 e. The van der Waals surface area contributed by atoms with E-state index in [-0.39, 0.29) is 41.8 Å². The van der Waals surface area contributed by atoms with Crippen LogP contribution in [-0.4, -0.2) is 57.7 Å². The maximum absolute atomic E-state index is 11.6. The molecule has 0 aromatic heterocycles. The molecule has 0 aromatic rings. The van der Waals surface area contributed by atoms with E-state index in [1.165, 1.54) is 12.8 Å². The number of nitrogens with zero attached hydrogens (tertiary/aromatic N) is 1. The first-order valence-corrected chi connectivity index (χ1v) is 10.7. The second-order valence-electron chi connectivity index (χ2n) is 7.29. The first kappa shape index (κ1) is 20.2. The molecular formula is C16H30IN3O3S. The van der Waals surface area contributed by atoms with Crippen molar-refractivity contribution in [3.63, 3.8) is 0 Å². The van der Waals surface area contributed by atoms with Crippen LogP contribution in [0.2, 0.25) is 0 Å². The fourth-order valence-electron chi connectivity index (χ4n) is 3.27. The number of ether oxygens (including phenoxy) is 1. The van der Waals surface area contributed by atoms with Gasteiger partial charge in [-0.1, -0.05) is 6.92 Å². The van der Waals surface area contributed by atoms with Crippen molar-refractivity contribution in [1.82, 2.24) is 10.6 Å². The van der Waals surface area contributed by atoms with Gasteiger partial charge >= 0.3 is 0 Å². The Morgan fingerprint density at radius 1 is 1.29 bits per heavy atom. The monoisotopic (exact) mass is 471 g/mol. The van der Waals surface area contributed by atoms with Gasteiger partial charge in [-0.2, -0.15) is 0 Å². The Kier molecular flexibility index (Phi) is 7.60. The van der Waals surface area contributed by atoms with Gasteiger partial charge in [-0.05, 0) is 43.9 Å². The Bertz CT molecular complexity index is 535. The van der Waals surface area contributed by atoms with Gasteiger partial charge in [0.25, 0.3) is 0 Å². The Morgan fingerprint density at radius 3 is 2.67 bits per heavy atom. The highest BCUT2D eigenvalue weighted by atomic mass is 127. The van der Waals surface area contributed by atoms with Crippen molar-refractivity contribution < 1.29 is 13.2 Å². The molecule has 8 heteroatoms. The van der Waals surface area contributed by atoms with Crippen molar-refractivity contribution in [2.45, 2.75) is 51.2 Å². The maximum Gasteiger partial charge on any atom is 0.191 e. The summed E-state index contributed by atoms with van der Waals surface area (Å²) in [5, 5.41) is 6.85. The molecular weight excluding hydrogens is 441 g/mol. The van der Waals surface area contributed by atoms with Gasteiger partial charge in [0.15, 0.2) is 15.8 Å². The van der Waals surface area contributed by atoms with E-state index in [2.05, 4.69) is 22.5 Å². The predicted molar refractivity (Wildman–Crippen MR) is 107 cm³/mol. The van der Waals surface area contributed by atoms with Gasteiger partial charge in [0, 0.05) is 25.7 Å². The van der Waals surface area contributed by atoms with Crippen LogP contribution in [0.25, 0.3) is 0 Å². The molecule has 0 amide bonds. The molecule has 6 nitrogen and oxygen atoms in total. The van der Waals surface area contributed by atoms with Crippen LogP contribution in [-0.2, 0) is 14.6 Å². The van der Waals surface area contributed by atoms with Crippen LogP contribution in [0.15, 0.2) is 4.99 Å². The number of nitrogens with one attached hydrogen (secondary N) is 2. The van der Waals surface area contributed by atoms with Crippen LogP contribution in [0.5, 0.6) is 0 Å². The average Bonchev–Trinajstić information content (AvgIpc) is 3.10. The average molecular weight is 471 g/mol. The number of guanidine groups is 1. The van der Waals surface area contributed by atoms with Crippen LogP contribution in [0.4, 0.5) is 0 Å². The van der Waals surface area contributed by atoms with Crippen molar-refractivity contribution in [2.75, 3.05) is 31.2 Å². The predicted octanol–water partition coefficient (Wildman–Crippen LogP) is 1.55. The van der Waals surface area contributed by atoms with E-state index >= 15 is 0 Å². The third-order valence-corrected chi connectivity index (χ3v) is 6.87. The minimum absolute atomic E-state index is 0. The molecule has 2 heterocycles. The van der Waals surface area contributed by atoms with Gasteiger partial charge in [-0.15, -0.1) is 24.0 Å². The van der Waals surface area contributed by atoms with Crippen molar-refractivity contribution in [2.24, 2.45) is 16.8 Å². The Morgan fingerprint density at radius 2 is 2.08 bits per heavy atom. The van der Waals surface area contributed by atoms with Crippen LogP contribution in [0, 0.1) is 11.8 Å². The van der Waals surface area contributed by atoms with E-state index in [9.17, 15) is 8.42 Å². The summed E-state index contributed by atoms with van der Waals surface area (Å²) in [5.74, 6) is 2.28. The molecule has 4 unspecified atom stereocenters. The van der Waals surface area contributed by atoms with Crippen LogP contribution < -0.4 is 10.6 Å². The number of halogens is 1. The normalized spacial score (nSPS) is 35.1. The van der Waals surface area contributed by atoms with Crippen molar-refractivity contribution in [1.29, 1.82) is 0 Å². The molecule has 0 radical (unpaired) electrons. The molecule has 1 aliphatic carbocycles. The smallest absolute Gasteiger partial charge is 0.191 e. The van der Waals surface area contributed by atoms with Crippen LogP contribution >= 0.6 is 24.0 Å². The molecule has 2 saturated heterocycles. The van der Waals surface area contributed by atoms with Crippen molar-refractivity contribution in [3.8, 4) is 0 Å². The van der Waals surface area contributed by atoms with E-state index in [4.69, 9.17) is 4.74 Å². The lowest BCUT2D eigenvalue weighted by molar-refractivity contribution is 0.0194. The Hall–Kier alpha value is -0.0900. The molecule has 0 bridgehead atoms. The molecule has 3 aliphatic rings. The highest BCUT2D eigenvalue weighted by Gasteiger charge is 2.33. The highest BCUT2D eigenvalue weighted by molar-refractivity contribution is 14.0. The van der Waals surface area contributed by atoms with Crippen LogP contribution in [0.1, 0.15) is 39.0 Å². The van der Waals surface area contributed by atoms with Gasteiger partial charge in [-0.25, -0.2) is 8.42 Å². The second kappa shape index (κ2) is 9.02. The minimum atomic E-state index is -2.82. The van der Waals surface area contributed by atoms with Gasteiger partial charge in [-0.3, -0.25) is 4.99 Å². The number of sulfone groups is 1. The van der Waals surface area contributed by atoms with Gasteiger partial charge in [0.1, 0.15) is 0 Å². The van der Waals surface area contributed by atoms with Crippen LogP contribution in [0.3, 0.4) is 0 Å². The number of hydrogen-bond acceptors (Lipinski definition) is 4.